The Morgan fingerprint density at radius 1 is 1.07 bits per heavy atom. The van der Waals surface area contributed by atoms with E-state index in [0.717, 1.165) is 5.56 Å². The lowest BCUT2D eigenvalue weighted by Crippen LogP contribution is -1.96. The Morgan fingerprint density at radius 2 is 1.73 bits per heavy atom. The lowest BCUT2D eigenvalue weighted by Gasteiger charge is -1.93. The number of ether oxygens (including phenoxy) is 1. The second-order valence-electron chi connectivity index (χ2n) is 3.12. The van der Waals surface area contributed by atoms with Gasteiger partial charge in [0.1, 0.15) is 0 Å². The second-order valence-corrected chi connectivity index (χ2v) is 3.12. The van der Waals surface area contributed by atoms with Crippen molar-refractivity contribution < 1.29 is 14.3 Å². The van der Waals surface area contributed by atoms with E-state index in [2.05, 4.69) is 11.3 Å². The standard InChI is InChI=1S/C12H8O3/c1-8-10(12(14)15-11(8)13)7-9-5-3-2-4-6-9/h2-7H,1H2/b10-7+. The number of carbonyl (C=O) groups excluding carboxylic acids is 2. The molecule has 0 aromatic heterocycles. The molecule has 0 unspecified atom stereocenters. The van der Waals surface area contributed by atoms with E-state index in [4.69, 9.17) is 0 Å². The van der Waals surface area contributed by atoms with E-state index in [1.54, 1.807) is 6.08 Å². The first kappa shape index (κ1) is 9.40. The molecule has 1 aromatic carbocycles. The quantitative estimate of drug-likeness (QED) is 0.393. The second kappa shape index (κ2) is 3.53. The summed E-state index contributed by atoms with van der Waals surface area (Å²) < 4.78 is 4.41. The van der Waals surface area contributed by atoms with Gasteiger partial charge in [-0.05, 0) is 11.6 Å². The van der Waals surface area contributed by atoms with Gasteiger partial charge in [-0.25, -0.2) is 9.59 Å². The fourth-order valence-electron chi connectivity index (χ4n) is 1.30. The summed E-state index contributed by atoms with van der Waals surface area (Å²) in [6, 6.07) is 9.22. The van der Waals surface area contributed by atoms with Crippen LogP contribution >= 0.6 is 0 Å². The lowest BCUT2D eigenvalue weighted by atomic mass is 10.1. The molecule has 0 aliphatic carbocycles. The Labute approximate surface area is 86.7 Å². The zero-order valence-electron chi connectivity index (χ0n) is 7.90. The Morgan fingerprint density at radius 3 is 2.27 bits per heavy atom. The minimum absolute atomic E-state index is 0.115. The molecule has 0 N–H and O–H groups in total. The van der Waals surface area contributed by atoms with Gasteiger partial charge in [-0.15, -0.1) is 0 Å². The largest absolute Gasteiger partial charge is 0.386 e. The lowest BCUT2D eigenvalue weighted by molar-refractivity contribution is -0.149. The molecule has 1 heterocycles. The van der Waals surface area contributed by atoms with Crippen molar-refractivity contribution in [2.24, 2.45) is 0 Å². The van der Waals surface area contributed by atoms with Crippen LogP contribution in [0.5, 0.6) is 0 Å². The SMILES string of the molecule is C=C1C(=O)OC(=O)/C1=C/c1ccccc1. The van der Waals surface area contributed by atoms with Crippen LogP contribution in [0.1, 0.15) is 5.56 Å². The van der Waals surface area contributed by atoms with E-state index < -0.39 is 11.9 Å². The summed E-state index contributed by atoms with van der Waals surface area (Å²) in [5.74, 6) is -1.30. The normalized spacial score (nSPS) is 18.4. The molecule has 0 atom stereocenters. The van der Waals surface area contributed by atoms with Gasteiger partial charge >= 0.3 is 11.9 Å². The molecule has 3 nitrogen and oxygen atoms in total. The van der Waals surface area contributed by atoms with Gasteiger partial charge < -0.3 is 4.74 Å². The predicted molar refractivity (Wildman–Crippen MR) is 54.7 cm³/mol. The first-order valence-electron chi connectivity index (χ1n) is 4.41. The van der Waals surface area contributed by atoms with Gasteiger partial charge in [0.2, 0.25) is 0 Å². The molecule has 1 saturated heterocycles. The number of hydrogen-bond donors (Lipinski definition) is 0. The molecule has 3 heteroatoms. The van der Waals surface area contributed by atoms with E-state index in [1.165, 1.54) is 0 Å². The third kappa shape index (κ3) is 1.72. The van der Waals surface area contributed by atoms with Crippen LogP contribution in [0, 0.1) is 0 Å². The summed E-state index contributed by atoms with van der Waals surface area (Å²) in [5.41, 5.74) is 1.18. The van der Waals surface area contributed by atoms with E-state index >= 15 is 0 Å². The Balaban J connectivity index is 2.40. The highest BCUT2D eigenvalue weighted by molar-refractivity contribution is 6.19. The highest BCUT2D eigenvalue weighted by Crippen LogP contribution is 2.22. The van der Waals surface area contributed by atoms with Crippen LogP contribution in [-0.2, 0) is 14.3 Å². The number of cyclic esters (lactones) is 2. The molecule has 1 aliphatic rings. The number of rotatable bonds is 1. The summed E-state index contributed by atoms with van der Waals surface area (Å²) in [5, 5.41) is 0. The smallest absolute Gasteiger partial charge is 0.346 e. The molecule has 1 fully saturated rings. The molecule has 0 bridgehead atoms. The molecule has 74 valence electrons. The zero-order valence-corrected chi connectivity index (χ0v) is 7.90. The Bertz CT molecular complexity index is 469. The Hall–Kier alpha value is -2.16. The summed E-state index contributed by atoms with van der Waals surface area (Å²) in [6.07, 6.45) is 1.59. The fourth-order valence-corrected chi connectivity index (χ4v) is 1.30. The van der Waals surface area contributed by atoms with Gasteiger partial charge in [-0.2, -0.15) is 0 Å². The highest BCUT2D eigenvalue weighted by atomic mass is 16.6. The van der Waals surface area contributed by atoms with E-state index in [-0.39, 0.29) is 11.1 Å². The summed E-state index contributed by atoms with van der Waals surface area (Å²) in [7, 11) is 0. The molecule has 1 aromatic rings. The van der Waals surface area contributed by atoms with E-state index in [9.17, 15) is 9.59 Å². The first-order chi connectivity index (χ1) is 7.18. The number of carbonyl (C=O) groups is 2. The molecule has 0 spiro atoms. The Kier molecular flexibility index (Phi) is 2.21. The molecule has 0 amide bonds. The first-order valence-corrected chi connectivity index (χ1v) is 4.41. The van der Waals surface area contributed by atoms with Crippen molar-refractivity contribution in [3.8, 4) is 0 Å². The molecule has 15 heavy (non-hydrogen) atoms. The van der Waals surface area contributed by atoms with Gasteiger partial charge in [0.25, 0.3) is 0 Å². The molecular formula is C12H8O3. The van der Waals surface area contributed by atoms with Crippen molar-refractivity contribution in [3.63, 3.8) is 0 Å². The topological polar surface area (TPSA) is 43.4 Å². The van der Waals surface area contributed by atoms with Crippen LogP contribution in [-0.4, -0.2) is 11.9 Å². The highest BCUT2D eigenvalue weighted by Gasteiger charge is 2.31. The van der Waals surface area contributed by atoms with E-state index in [1.807, 2.05) is 30.3 Å². The van der Waals surface area contributed by atoms with Crippen molar-refractivity contribution in [3.05, 3.63) is 53.6 Å². The van der Waals surface area contributed by atoms with Crippen LogP contribution in [0.25, 0.3) is 6.08 Å². The monoisotopic (exact) mass is 200 g/mol. The van der Waals surface area contributed by atoms with Crippen molar-refractivity contribution in [1.29, 1.82) is 0 Å². The van der Waals surface area contributed by atoms with Gasteiger partial charge in [-0.3, -0.25) is 0 Å². The van der Waals surface area contributed by atoms with Gasteiger partial charge in [-0.1, -0.05) is 36.9 Å². The van der Waals surface area contributed by atoms with Crippen LogP contribution in [0.3, 0.4) is 0 Å². The average molecular weight is 200 g/mol. The maximum absolute atomic E-state index is 11.2. The fraction of sp³-hybridized carbons (Fsp3) is 0. The molecule has 2 rings (SSSR count). The maximum Gasteiger partial charge on any atom is 0.346 e. The van der Waals surface area contributed by atoms with Gasteiger partial charge in [0, 0.05) is 0 Å². The number of benzene rings is 1. The van der Waals surface area contributed by atoms with Crippen LogP contribution < -0.4 is 0 Å². The molecular weight excluding hydrogens is 192 g/mol. The van der Waals surface area contributed by atoms with Gasteiger partial charge in [0.15, 0.2) is 0 Å². The molecule has 1 aliphatic heterocycles. The van der Waals surface area contributed by atoms with Crippen molar-refractivity contribution in [2.75, 3.05) is 0 Å². The zero-order chi connectivity index (χ0) is 10.8. The minimum atomic E-state index is -0.665. The van der Waals surface area contributed by atoms with Crippen molar-refractivity contribution >= 4 is 18.0 Å². The van der Waals surface area contributed by atoms with Crippen molar-refractivity contribution in [2.45, 2.75) is 0 Å². The molecule has 0 radical (unpaired) electrons. The van der Waals surface area contributed by atoms with Crippen LogP contribution in [0.2, 0.25) is 0 Å². The molecule has 0 saturated carbocycles. The van der Waals surface area contributed by atoms with E-state index in [0.29, 0.717) is 0 Å². The van der Waals surface area contributed by atoms with Crippen LogP contribution in [0.4, 0.5) is 0 Å². The number of hydrogen-bond acceptors (Lipinski definition) is 3. The van der Waals surface area contributed by atoms with Crippen molar-refractivity contribution in [1.82, 2.24) is 0 Å². The third-order valence-electron chi connectivity index (χ3n) is 2.09. The maximum atomic E-state index is 11.2. The number of esters is 2. The average Bonchev–Trinajstić information content (AvgIpc) is 2.47. The van der Waals surface area contributed by atoms with Crippen LogP contribution in [0.15, 0.2) is 48.1 Å². The summed E-state index contributed by atoms with van der Waals surface area (Å²) >= 11 is 0. The van der Waals surface area contributed by atoms with Gasteiger partial charge in [0.05, 0.1) is 11.1 Å². The summed E-state index contributed by atoms with van der Waals surface area (Å²) in [6.45, 7) is 3.50. The summed E-state index contributed by atoms with van der Waals surface area (Å²) in [4.78, 5) is 22.2. The predicted octanol–water partition coefficient (Wildman–Crippen LogP) is 1.71. The minimum Gasteiger partial charge on any atom is -0.386 e. The third-order valence-corrected chi connectivity index (χ3v) is 2.09.